The third-order valence-electron chi connectivity index (χ3n) is 9.29. The molecule has 2 aliphatic rings. The predicted molar refractivity (Wildman–Crippen MR) is 165 cm³/mol. The fourth-order valence-corrected chi connectivity index (χ4v) is 7.37. The number of nitrogens with one attached hydrogen (secondary N) is 2. The number of carbonyl (C=O) groups excluding carboxylic acids is 3. The number of benzene rings is 2. The molecule has 3 N–H and O–H groups in total. The van der Waals surface area contributed by atoms with Crippen LogP contribution in [0.25, 0.3) is 0 Å². The van der Waals surface area contributed by atoms with Crippen LogP contribution in [0.1, 0.15) is 74.3 Å². The van der Waals surface area contributed by atoms with E-state index in [0.29, 0.717) is 30.6 Å². The van der Waals surface area contributed by atoms with E-state index in [1.165, 1.54) is 36.4 Å². The first-order chi connectivity index (χ1) is 20.9. The lowest BCUT2D eigenvalue weighted by molar-refractivity contribution is -0.144. The van der Waals surface area contributed by atoms with Crippen molar-refractivity contribution >= 4 is 33.2 Å². The summed E-state index contributed by atoms with van der Waals surface area (Å²) < 4.78 is 29.4. The maximum atomic E-state index is 13.8. The number of ketones is 2. The van der Waals surface area contributed by atoms with Crippen molar-refractivity contribution in [3.63, 3.8) is 0 Å². The fraction of sp³-hybridized carbons (Fsp3) is 0.455. The Hall–Kier alpha value is -3.83. The fourth-order valence-electron chi connectivity index (χ4n) is 6.29. The van der Waals surface area contributed by atoms with E-state index in [9.17, 15) is 27.9 Å². The number of aliphatic hydroxyl groups excluding tert-OH is 1. The van der Waals surface area contributed by atoms with Crippen molar-refractivity contribution in [2.45, 2.75) is 81.8 Å². The number of amides is 1. The molecule has 2 saturated carbocycles. The first-order valence-corrected chi connectivity index (χ1v) is 16.6. The summed E-state index contributed by atoms with van der Waals surface area (Å²) in [6.45, 7) is 2.11. The molecular formula is C33H40N4O6S. The van der Waals surface area contributed by atoms with Crippen molar-refractivity contribution in [2.24, 2.45) is 17.9 Å². The van der Waals surface area contributed by atoms with Crippen LogP contribution in [-0.4, -0.2) is 52.9 Å². The number of Topliss-reactive ketones (excluding diaryl/α,β-unsaturated/α-hetero) is 2. The largest absolute Gasteiger partial charge is 0.385 e. The molecule has 1 amide bonds. The lowest BCUT2D eigenvalue weighted by atomic mass is 9.60. The number of aliphatic hydroxyl groups is 1. The smallest absolute Gasteiger partial charge is 0.261 e. The molecule has 44 heavy (non-hydrogen) atoms. The third kappa shape index (κ3) is 7.10. The quantitative estimate of drug-likeness (QED) is 0.245. The van der Waals surface area contributed by atoms with E-state index in [1.54, 1.807) is 42.2 Å². The Kier molecular flexibility index (Phi) is 9.08. The van der Waals surface area contributed by atoms with Crippen molar-refractivity contribution in [2.75, 3.05) is 4.72 Å². The second kappa shape index (κ2) is 12.6. The highest BCUT2D eigenvalue weighted by Gasteiger charge is 2.49. The molecule has 0 saturated heterocycles. The van der Waals surface area contributed by atoms with Gasteiger partial charge in [0, 0.05) is 36.3 Å². The standard InChI is InChI=1S/C33H40N4O6S/c1-32(15-6-16-32)21-27(29(39)22-33(17-7-18-33)30(40)28(38)20-25-14-19-37(2)35-25)34-31(41)23-10-12-24(13-11-23)36-44(42,43)26-8-4-3-5-9-26/h3-5,8-14,19,27,30,36,40H,6-7,15-18,20-22H2,1-2H3,(H,34,41)/t27-,30?/m0/s1. The molecule has 1 heterocycles. The van der Waals surface area contributed by atoms with E-state index in [4.69, 9.17) is 0 Å². The minimum Gasteiger partial charge on any atom is -0.385 e. The molecule has 10 nitrogen and oxygen atoms in total. The monoisotopic (exact) mass is 620 g/mol. The molecule has 0 radical (unpaired) electrons. The van der Waals surface area contributed by atoms with Gasteiger partial charge in [0.2, 0.25) is 0 Å². The summed E-state index contributed by atoms with van der Waals surface area (Å²) in [5.74, 6) is -0.994. The molecule has 2 aromatic carbocycles. The van der Waals surface area contributed by atoms with Gasteiger partial charge in [-0.1, -0.05) is 38.0 Å². The topological polar surface area (TPSA) is 147 Å². The second-order valence-electron chi connectivity index (χ2n) is 12.8. The van der Waals surface area contributed by atoms with Gasteiger partial charge in [0.1, 0.15) is 6.10 Å². The molecule has 2 aliphatic carbocycles. The molecule has 0 bridgehead atoms. The van der Waals surface area contributed by atoms with Gasteiger partial charge in [-0.15, -0.1) is 0 Å². The van der Waals surface area contributed by atoms with Crippen LogP contribution in [0.3, 0.4) is 0 Å². The van der Waals surface area contributed by atoms with E-state index in [2.05, 4.69) is 22.1 Å². The van der Waals surface area contributed by atoms with E-state index in [-0.39, 0.29) is 40.3 Å². The van der Waals surface area contributed by atoms with Crippen LogP contribution < -0.4 is 10.0 Å². The molecule has 0 aliphatic heterocycles. The number of aromatic nitrogens is 2. The molecule has 11 heteroatoms. The summed E-state index contributed by atoms with van der Waals surface area (Å²) in [6.07, 6.45) is 5.84. The average Bonchev–Trinajstić information content (AvgIpc) is 3.37. The molecule has 234 valence electrons. The molecule has 3 aromatic rings. The Morgan fingerprint density at radius 2 is 1.61 bits per heavy atom. The van der Waals surface area contributed by atoms with Crippen LogP contribution in [0.5, 0.6) is 0 Å². The van der Waals surface area contributed by atoms with Gasteiger partial charge < -0.3 is 10.4 Å². The van der Waals surface area contributed by atoms with Crippen LogP contribution in [0.15, 0.2) is 71.8 Å². The number of anilines is 1. The summed E-state index contributed by atoms with van der Waals surface area (Å²) in [5, 5.41) is 18.3. The summed E-state index contributed by atoms with van der Waals surface area (Å²) in [7, 11) is -2.02. The van der Waals surface area contributed by atoms with Crippen molar-refractivity contribution in [3.8, 4) is 0 Å². The van der Waals surface area contributed by atoms with Crippen LogP contribution >= 0.6 is 0 Å². The zero-order valence-electron chi connectivity index (χ0n) is 25.2. The number of hydrogen-bond donors (Lipinski definition) is 3. The summed E-state index contributed by atoms with van der Waals surface area (Å²) in [5.41, 5.74) is 0.237. The van der Waals surface area contributed by atoms with Crippen molar-refractivity contribution < 1.29 is 27.9 Å². The van der Waals surface area contributed by atoms with Gasteiger partial charge in [0.05, 0.1) is 23.1 Å². The minimum atomic E-state index is -3.78. The number of carbonyl (C=O) groups is 3. The van der Waals surface area contributed by atoms with Crippen molar-refractivity contribution in [1.82, 2.24) is 15.1 Å². The van der Waals surface area contributed by atoms with Crippen LogP contribution in [-0.2, 0) is 33.1 Å². The molecular weight excluding hydrogens is 580 g/mol. The van der Waals surface area contributed by atoms with Gasteiger partial charge in [-0.2, -0.15) is 5.10 Å². The minimum absolute atomic E-state index is 0.00333. The first kappa shape index (κ1) is 31.6. The molecule has 2 fully saturated rings. The van der Waals surface area contributed by atoms with E-state index >= 15 is 0 Å². The average molecular weight is 621 g/mol. The lowest BCUT2D eigenvalue weighted by Gasteiger charge is -2.46. The number of nitrogens with zero attached hydrogens (tertiary/aromatic N) is 2. The van der Waals surface area contributed by atoms with Crippen molar-refractivity contribution in [1.29, 1.82) is 0 Å². The van der Waals surface area contributed by atoms with E-state index in [1.807, 2.05) is 0 Å². The number of rotatable bonds is 14. The molecule has 0 spiro atoms. The normalized spacial score (nSPS) is 18.2. The Bertz CT molecular complexity index is 1610. The summed E-state index contributed by atoms with van der Waals surface area (Å²) >= 11 is 0. The Labute approximate surface area is 258 Å². The Morgan fingerprint density at radius 3 is 2.16 bits per heavy atom. The molecule has 1 unspecified atom stereocenters. The van der Waals surface area contributed by atoms with Crippen molar-refractivity contribution in [3.05, 3.63) is 78.1 Å². The SMILES string of the molecule is Cn1ccc(CC(=O)C(O)C2(CC(=O)[C@H](CC3(C)CCC3)NC(=O)c3ccc(NS(=O)(=O)c4ccccc4)cc3)CCC2)n1. The van der Waals surface area contributed by atoms with Gasteiger partial charge in [-0.25, -0.2) is 8.42 Å². The number of aryl methyl sites for hydroxylation is 1. The molecule has 1 aromatic heterocycles. The maximum Gasteiger partial charge on any atom is 0.261 e. The highest BCUT2D eigenvalue weighted by atomic mass is 32.2. The number of hydrogen-bond acceptors (Lipinski definition) is 7. The van der Waals surface area contributed by atoms with Gasteiger partial charge in [0.25, 0.3) is 15.9 Å². The molecule has 2 atom stereocenters. The lowest BCUT2D eigenvalue weighted by Crippen LogP contribution is -2.52. The summed E-state index contributed by atoms with van der Waals surface area (Å²) in [4.78, 5) is 40.3. The molecule has 5 rings (SSSR count). The second-order valence-corrected chi connectivity index (χ2v) is 14.5. The zero-order valence-corrected chi connectivity index (χ0v) is 26.0. The Balaban J connectivity index is 1.27. The predicted octanol–water partition coefficient (Wildman–Crippen LogP) is 4.20. The van der Waals surface area contributed by atoms with Gasteiger partial charge >= 0.3 is 0 Å². The number of sulfonamides is 1. The van der Waals surface area contributed by atoms with Crippen LogP contribution in [0.2, 0.25) is 0 Å². The van der Waals surface area contributed by atoms with Crippen LogP contribution in [0, 0.1) is 10.8 Å². The van der Waals surface area contributed by atoms with Crippen LogP contribution in [0.4, 0.5) is 5.69 Å². The van der Waals surface area contributed by atoms with Gasteiger partial charge in [0.15, 0.2) is 11.6 Å². The van der Waals surface area contributed by atoms with Gasteiger partial charge in [-0.3, -0.25) is 23.8 Å². The highest BCUT2D eigenvalue weighted by Crippen LogP contribution is 2.49. The summed E-state index contributed by atoms with van der Waals surface area (Å²) in [6, 6.07) is 15.0. The van der Waals surface area contributed by atoms with Gasteiger partial charge in [-0.05, 0) is 80.0 Å². The first-order valence-electron chi connectivity index (χ1n) is 15.1. The highest BCUT2D eigenvalue weighted by molar-refractivity contribution is 7.92. The van der Waals surface area contributed by atoms with E-state index < -0.39 is 33.5 Å². The maximum absolute atomic E-state index is 13.8. The Morgan fingerprint density at radius 1 is 0.955 bits per heavy atom. The van der Waals surface area contributed by atoms with E-state index in [0.717, 1.165) is 25.7 Å². The third-order valence-corrected chi connectivity index (χ3v) is 10.7. The zero-order chi connectivity index (χ0) is 31.5.